The Hall–Kier alpha value is -2.57. The molecule has 0 spiro atoms. The van der Waals surface area contributed by atoms with Gasteiger partial charge in [0.1, 0.15) is 5.75 Å². The van der Waals surface area contributed by atoms with E-state index < -0.39 is 0 Å². The summed E-state index contributed by atoms with van der Waals surface area (Å²) in [5.41, 5.74) is 3.59. The van der Waals surface area contributed by atoms with Gasteiger partial charge in [-0.05, 0) is 24.3 Å². The predicted molar refractivity (Wildman–Crippen MR) is 105 cm³/mol. The van der Waals surface area contributed by atoms with Crippen LogP contribution < -0.4 is 15.4 Å². The second-order valence-corrected chi connectivity index (χ2v) is 6.01. The zero-order chi connectivity index (χ0) is 16.9. The Balaban J connectivity index is 0.00000225. The molecule has 2 aromatic carbocycles. The number of hydrogen-bond donors (Lipinski definition) is 2. The van der Waals surface area contributed by atoms with E-state index in [1.54, 1.807) is 7.11 Å². The van der Waals surface area contributed by atoms with Crippen LogP contribution in [0.15, 0.2) is 53.9 Å². The SMILES string of the molecule is COc1cccc(Nc2nc(-c3ccc(NC(C)=O)cc3)cs2)c1.Cl. The average molecular weight is 376 g/mol. The van der Waals surface area contributed by atoms with Gasteiger partial charge in [-0.25, -0.2) is 4.98 Å². The number of ether oxygens (including phenoxy) is 1. The number of methoxy groups -OCH3 is 1. The van der Waals surface area contributed by atoms with Gasteiger partial charge in [-0.3, -0.25) is 4.79 Å². The minimum Gasteiger partial charge on any atom is -0.497 e. The molecule has 0 aliphatic carbocycles. The zero-order valence-corrected chi connectivity index (χ0v) is 15.4. The Morgan fingerprint density at radius 3 is 2.56 bits per heavy atom. The maximum atomic E-state index is 11.1. The van der Waals surface area contributed by atoms with Gasteiger partial charge in [-0.2, -0.15) is 0 Å². The first-order chi connectivity index (χ1) is 11.6. The number of benzene rings is 2. The fourth-order valence-electron chi connectivity index (χ4n) is 2.22. The van der Waals surface area contributed by atoms with Gasteiger partial charge in [0.05, 0.1) is 12.8 Å². The summed E-state index contributed by atoms with van der Waals surface area (Å²) in [5.74, 6) is 0.714. The van der Waals surface area contributed by atoms with Crippen molar-refractivity contribution < 1.29 is 9.53 Å². The van der Waals surface area contributed by atoms with Crippen molar-refractivity contribution in [2.24, 2.45) is 0 Å². The number of thiazole rings is 1. The first kappa shape index (κ1) is 18.8. The molecule has 1 amide bonds. The molecule has 0 fully saturated rings. The molecule has 0 aliphatic rings. The molecule has 0 bridgehead atoms. The van der Waals surface area contributed by atoms with Gasteiger partial charge in [-0.1, -0.05) is 18.2 Å². The first-order valence-electron chi connectivity index (χ1n) is 7.38. The molecule has 25 heavy (non-hydrogen) atoms. The van der Waals surface area contributed by atoms with Crippen molar-refractivity contribution in [2.45, 2.75) is 6.92 Å². The lowest BCUT2D eigenvalue weighted by atomic mass is 10.1. The average Bonchev–Trinajstić information content (AvgIpc) is 3.03. The molecule has 3 aromatic rings. The third-order valence-electron chi connectivity index (χ3n) is 3.33. The number of anilines is 3. The molecule has 0 saturated carbocycles. The molecule has 1 heterocycles. The first-order valence-corrected chi connectivity index (χ1v) is 8.26. The Bertz CT molecular complexity index is 850. The molecular formula is C18H18ClN3O2S. The minimum absolute atomic E-state index is 0. The van der Waals surface area contributed by atoms with E-state index in [1.165, 1.54) is 18.3 Å². The summed E-state index contributed by atoms with van der Waals surface area (Å²) >= 11 is 1.53. The van der Waals surface area contributed by atoms with E-state index >= 15 is 0 Å². The Kier molecular flexibility index (Phi) is 6.38. The Morgan fingerprint density at radius 2 is 1.88 bits per heavy atom. The van der Waals surface area contributed by atoms with Crippen LogP contribution in [0, 0.1) is 0 Å². The van der Waals surface area contributed by atoms with E-state index in [0.29, 0.717) is 0 Å². The van der Waals surface area contributed by atoms with E-state index in [1.807, 2.05) is 53.9 Å². The molecule has 0 saturated heterocycles. The third kappa shape index (κ3) is 4.95. The highest BCUT2D eigenvalue weighted by molar-refractivity contribution is 7.14. The molecule has 130 valence electrons. The molecule has 0 unspecified atom stereocenters. The van der Waals surface area contributed by atoms with Gasteiger partial charge >= 0.3 is 0 Å². The smallest absolute Gasteiger partial charge is 0.221 e. The predicted octanol–water partition coefficient (Wildman–Crippen LogP) is 4.94. The minimum atomic E-state index is -0.0822. The summed E-state index contributed by atoms with van der Waals surface area (Å²) < 4.78 is 5.22. The van der Waals surface area contributed by atoms with Gasteiger partial charge in [-0.15, -0.1) is 23.7 Å². The molecule has 3 rings (SSSR count). The van der Waals surface area contributed by atoms with Crippen LogP contribution in [0.4, 0.5) is 16.5 Å². The lowest BCUT2D eigenvalue weighted by molar-refractivity contribution is -0.114. The fourth-order valence-corrected chi connectivity index (χ4v) is 2.96. The maximum Gasteiger partial charge on any atom is 0.221 e. The summed E-state index contributed by atoms with van der Waals surface area (Å²) in [7, 11) is 1.64. The van der Waals surface area contributed by atoms with Gasteiger partial charge in [0.2, 0.25) is 5.91 Å². The molecule has 1 aromatic heterocycles. The van der Waals surface area contributed by atoms with Crippen LogP contribution in [-0.2, 0) is 4.79 Å². The molecular weight excluding hydrogens is 358 g/mol. The highest BCUT2D eigenvalue weighted by Gasteiger charge is 2.06. The van der Waals surface area contributed by atoms with Gasteiger partial charge in [0.25, 0.3) is 0 Å². The number of carbonyl (C=O) groups is 1. The number of nitrogens with one attached hydrogen (secondary N) is 2. The van der Waals surface area contributed by atoms with Crippen molar-refractivity contribution in [3.63, 3.8) is 0 Å². The summed E-state index contributed by atoms with van der Waals surface area (Å²) in [6.07, 6.45) is 0. The van der Waals surface area contributed by atoms with Crippen LogP contribution in [0.25, 0.3) is 11.3 Å². The van der Waals surface area contributed by atoms with Gasteiger partial charge in [0.15, 0.2) is 5.13 Å². The van der Waals surface area contributed by atoms with Gasteiger partial charge < -0.3 is 15.4 Å². The number of amides is 1. The lowest BCUT2D eigenvalue weighted by Gasteiger charge is -2.05. The summed E-state index contributed by atoms with van der Waals surface area (Å²) in [4.78, 5) is 15.7. The van der Waals surface area contributed by atoms with Crippen LogP contribution in [-0.4, -0.2) is 18.0 Å². The van der Waals surface area contributed by atoms with Crippen LogP contribution in [0.2, 0.25) is 0 Å². The van der Waals surface area contributed by atoms with Crippen molar-refractivity contribution in [1.82, 2.24) is 4.98 Å². The van der Waals surface area contributed by atoms with E-state index in [-0.39, 0.29) is 18.3 Å². The standard InChI is InChI=1S/C18H17N3O2S.ClH/c1-12(22)19-14-8-6-13(7-9-14)17-11-24-18(21-17)20-15-4-3-5-16(10-15)23-2;/h3-11H,1-2H3,(H,19,22)(H,20,21);1H. The molecule has 0 radical (unpaired) electrons. The molecule has 2 N–H and O–H groups in total. The van der Waals surface area contributed by atoms with Crippen LogP contribution in [0.3, 0.4) is 0 Å². The molecule has 7 heteroatoms. The molecule has 0 atom stereocenters. The zero-order valence-electron chi connectivity index (χ0n) is 13.8. The second kappa shape index (κ2) is 8.50. The van der Waals surface area contributed by atoms with E-state index in [2.05, 4.69) is 15.6 Å². The summed E-state index contributed by atoms with van der Waals surface area (Å²) in [6.45, 7) is 1.49. The van der Waals surface area contributed by atoms with E-state index in [4.69, 9.17) is 4.74 Å². The number of nitrogens with zero attached hydrogens (tertiary/aromatic N) is 1. The van der Waals surface area contributed by atoms with Crippen molar-refractivity contribution in [3.8, 4) is 17.0 Å². The third-order valence-corrected chi connectivity index (χ3v) is 4.08. The van der Waals surface area contributed by atoms with Crippen LogP contribution >= 0.6 is 23.7 Å². The normalized spacial score (nSPS) is 9.84. The number of hydrogen-bond acceptors (Lipinski definition) is 5. The van der Waals surface area contributed by atoms with Crippen molar-refractivity contribution in [3.05, 3.63) is 53.9 Å². The topological polar surface area (TPSA) is 63.2 Å². The summed E-state index contributed by atoms with van der Waals surface area (Å²) in [5, 5.41) is 8.83. The molecule has 0 aliphatic heterocycles. The Labute approximate surface area is 156 Å². The number of rotatable bonds is 5. The highest BCUT2D eigenvalue weighted by Crippen LogP contribution is 2.28. The maximum absolute atomic E-state index is 11.1. The van der Waals surface area contributed by atoms with Crippen LogP contribution in [0.1, 0.15) is 6.92 Å². The lowest BCUT2D eigenvalue weighted by Crippen LogP contribution is -2.05. The fraction of sp³-hybridized carbons (Fsp3) is 0.111. The quantitative estimate of drug-likeness (QED) is 0.662. The van der Waals surface area contributed by atoms with E-state index in [9.17, 15) is 4.79 Å². The second-order valence-electron chi connectivity index (χ2n) is 5.15. The largest absolute Gasteiger partial charge is 0.497 e. The number of halogens is 1. The van der Waals surface area contributed by atoms with Crippen molar-refractivity contribution in [2.75, 3.05) is 17.7 Å². The highest BCUT2D eigenvalue weighted by atomic mass is 35.5. The Morgan fingerprint density at radius 1 is 1.12 bits per heavy atom. The monoisotopic (exact) mass is 375 g/mol. The van der Waals surface area contributed by atoms with Crippen LogP contribution in [0.5, 0.6) is 5.75 Å². The number of carbonyl (C=O) groups excluding carboxylic acids is 1. The van der Waals surface area contributed by atoms with Gasteiger partial charge in [0, 0.05) is 35.3 Å². The van der Waals surface area contributed by atoms with Crippen molar-refractivity contribution in [1.29, 1.82) is 0 Å². The molecule has 5 nitrogen and oxygen atoms in total. The van der Waals surface area contributed by atoms with E-state index in [0.717, 1.165) is 33.5 Å². The van der Waals surface area contributed by atoms with Crippen molar-refractivity contribution >= 4 is 46.2 Å². The number of aromatic nitrogens is 1. The summed E-state index contributed by atoms with van der Waals surface area (Å²) in [6, 6.07) is 15.3.